The highest BCUT2D eigenvalue weighted by atomic mass is 32.1. The number of hydrogen-bond acceptors (Lipinski definition) is 6. The topological polar surface area (TPSA) is 84.4 Å². The van der Waals surface area contributed by atoms with Crippen LogP contribution in [0.5, 0.6) is 5.75 Å². The molecule has 2 aromatic carbocycles. The Morgan fingerprint density at radius 1 is 1.13 bits per heavy atom. The standard InChI is InChI=1S/C22H22N4O3S/c1-29-18-11-5-7-15(13-18)22(28)26-12-6-8-16(14-26)20-24-25-21(30-20)19(27)23-17-9-3-2-4-10-17/h2-5,7,9-11,13,16H,6,8,12,14H2,1H3,(H,23,27)/t16-/m0/s1. The van der Waals surface area contributed by atoms with Crippen LogP contribution in [0.1, 0.15) is 43.9 Å². The number of rotatable bonds is 5. The van der Waals surface area contributed by atoms with Gasteiger partial charge in [-0.25, -0.2) is 0 Å². The van der Waals surface area contributed by atoms with E-state index >= 15 is 0 Å². The number of benzene rings is 2. The molecule has 1 aromatic heterocycles. The largest absolute Gasteiger partial charge is 0.497 e. The maximum Gasteiger partial charge on any atom is 0.286 e. The zero-order valence-electron chi connectivity index (χ0n) is 16.6. The molecular weight excluding hydrogens is 400 g/mol. The maximum absolute atomic E-state index is 12.9. The highest BCUT2D eigenvalue weighted by molar-refractivity contribution is 7.13. The van der Waals surface area contributed by atoms with Gasteiger partial charge >= 0.3 is 0 Å². The fraction of sp³-hybridized carbons (Fsp3) is 0.273. The van der Waals surface area contributed by atoms with Crippen molar-refractivity contribution in [3.8, 4) is 5.75 Å². The summed E-state index contributed by atoms with van der Waals surface area (Å²) in [7, 11) is 1.58. The van der Waals surface area contributed by atoms with E-state index in [0.29, 0.717) is 35.1 Å². The molecule has 1 aliphatic rings. The van der Waals surface area contributed by atoms with Gasteiger partial charge in [-0.3, -0.25) is 9.59 Å². The highest BCUT2D eigenvalue weighted by Gasteiger charge is 2.28. The molecule has 8 heteroatoms. The minimum Gasteiger partial charge on any atom is -0.497 e. The molecule has 3 aromatic rings. The molecule has 0 aliphatic carbocycles. The maximum atomic E-state index is 12.9. The number of nitrogens with one attached hydrogen (secondary N) is 1. The van der Waals surface area contributed by atoms with Gasteiger partial charge in [0.15, 0.2) is 0 Å². The first-order valence-corrected chi connectivity index (χ1v) is 10.6. The first-order chi connectivity index (χ1) is 14.6. The van der Waals surface area contributed by atoms with Crippen molar-refractivity contribution in [2.45, 2.75) is 18.8 Å². The first kappa shape index (κ1) is 20.0. The van der Waals surface area contributed by atoms with Crippen molar-refractivity contribution < 1.29 is 14.3 Å². The summed E-state index contributed by atoms with van der Waals surface area (Å²) in [5.74, 6) is 0.437. The molecule has 0 saturated carbocycles. The van der Waals surface area contributed by atoms with Gasteiger partial charge < -0.3 is 15.0 Å². The number of para-hydroxylation sites is 1. The summed E-state index contributed by atoms with van der Waals surface area (Å²) < 4.78 is 5.23. The second-order valence-corrected chi connectivity index (χ2v) is 8.10. The Kier molecular flexibility index (Phi) is 6.04. The second kappa shape index (κ2) is 9.04. The van der Waals surface area contributed by atoms with Crippen LogP contribution >= 0.6 is 11.3 Å². The third-order valence-corrected chi connectivity index (χ3v) is 6.13. The summed E-state index contributed by atoms with van der Waals surface area (Å²) in [6.07, 6.45) is 1.79. The number of aromatic nitrogens is 2. The zero-order chi connectivity index (χ0) is 20.9. The number of methoxy groups -OCH3 is 1. The predicted molar refractivity (Wildman–Crippen MR) is 115 cm³/mol. The molecule has 1 fully saturated rings. The Morgan fingerprint density at radius 3 is 2.77 bits per heavy atom. The number of piperidine rings is 1. The smallest absolute Gasteiger partial charge is 0.286 e. The Labute approximate surface area is 178 Å². The minimum atomic E-state index is -0.273. The summed E-state index contributed by atoms with van der Waals surface area (Å²) in [6, 6.07) is 16.4. The summed E-state index contributed by atoms with van der Waals surface area (Å²) in [5.41, 5.74) is 1.32. The highest BCUT2D eigenvalue weighted by Crippen LogP contribution is 2.30. The first-order valence-electron chi connectivity index (χ1n) is 9.77. The molecule has 0 spiro atoms. The Bertz CT molecular complexity index is 1040. The molecule has 0 radical (unpaired) electrons. The molecule has 7 nitrogen and oxygen atoms in total. The number of carbonyl (C=O) groups excluding carboxylic acids is 2. The number of ether oxygens (including phenoxy) is 1. The lowest BCUT2D eigenvalue weighted by atomic mass is 9.98. The number of hydrogen-bond donors (Lipinski definition) is 1. The van der Waals surface area contributed by atoms with Gasteiger partial charge in [0, 0.05) is 30.3 Å². The van der Waals surface area contributed by atoms with Crippen molar-refractivity contribution in [3.05, 3.63) is 70.2 Å². The summed E-state index contributed by atoms with van der Waals surface area (Å²) in [6.45, 7) is 1.26. The van der Waals surface area contributed by atoms with Gasteiger partial charge in [0.1, 0.15) is 10.8 Å². The van der Waals surface area contributed by atoms with Crippen molar-refractivity contribution in [2.75, 3.05) is 25.5 Å². The van der Waals surface area contributed by atoms with Crippen LogP contribution in [0.2, 0.25) is 0 Å². The van der Waals surface area contributed by atoms with Crippen LogP contribution in [0, 0.1) is 0 Å². The van der Waals surface area contributed by atoms with Crippen LogP contribution in [0.15, 0.2) is 54.6 Å². The molecule has 1 saturated heterocycles. The quantitative estimate of drug-likeness (QED) is 0.676. The lowest BCUT2D eigenvalue weighted by Gasteiger charge is -2.31. The van der Waals surface area contributed by atoms with Crippen molar-refractivity contribution in [1.29, 1.82) is 0 Å². The van der Waals surface area contributed by atoms with Gasteiger partial charge in [-0.15, -0.1) is 10.2 Å². The predicted octanol–water partition coefficient (Wildman–Crippen LogP) is 3.82. The summed E-state index contributed by atoms with van der Waals surface area (Å²) in [4.78, 5) is 27.2. The molecule has 1 aliphatic heterocycles. The second-order valence-electron chi connectivity index (χ2n) is 7.09. The monoisotopic (exact) mass is 422 g/mol. The third kappa shape index (κ3) is 4.49. The summed E-state index contributed by atoms with van der Waals surface area (Å²) >= 11 is 1.29. The molecular formula is C22H22N4O3S. The van der Waals surface area contributed by atoms with Crippen molar-refractivity contribution in [1.82, 2.24) is 15.1 Å². The van der Waals surface area contributed by atoms with Crippen LogP contribution in [0.4, 0.5) is 5.69 Å². The fourth-order valence-corrected chi connectivity index (χ4v) is 4.36. The molecule has 0 bridgehead atoms. The lowest BCUT2D eigenvalue weighted by molar-refractivity contribution is 0.0706. The van der Waals surface area contributed by atoms with Gasteiger partial charge in [-0.1, -0.05) is 35.6 Å². The van der Waals surface area contributed by atoms with Crippen LogP contribution in [0.3, 0.4) is 0 Å². The van der Waals surface area contributed by atoms with Crippen LogP contribution in [-0.2, 0) is 0 Å². The van der Waals surface area contributed by atoms with Crippen molar-refractivity contribution in [2.24, 2.45) is 0 Å². The molecule has 1 atom stereocenters. The van der Waals surface area contributed by atoms with Crippen molar-refractivity contribution in [3.63, 3.8) is 0 Å². The van der Waals surface area contributed by atoms with E-state index in [1.54, 1.807) is 19.2 Å². The van der Waals surface area contributed by atoms with E-state index in [9.17, 15) is 9.59 Å². The number of nitrogens with zero attached hydrogens (tertiary/aromatic N) is 3. The van der Waals surface area contributed by atoms with Crippen molar-refractivity contribution >= 4 is 28.8 Å². The molecule has 4 rings (SSSR count). The SMILES string of the molecule is COc1cccc(C(=O)N2CCC[C@H](c3nnc(C(=O)Nc4ccccc4)s3)C2)c1. The van der Waals surface area contributed by atoms with Gasteiger partial charge in [0.05, 0.1) is 7.11 Å². The van der Waals surface area contributed by atoms with E-state index in [-0.39, 0.29) is 17.7 Å². The average molecular weight is 423 g/mol. The number of carbonyl (C=O) groups is 2. The van der Waals surface area contributed by atoms with Gasteiger partial charge in [-0.05, 0) is 43.2 Å². The zero-order valence-corrected chi connectivity index (χ0v) is 17.4. The van der Waals surface area contributed by atoms with E-state index in [1.807, 2.05) is 47.4 Å². The van der Waals surface area contributed by atoms with E-state index < -0.39 is 0 Å². The molecule has 1 N–H and O–H groups in total. The van der Waals surface area contributed by atoms with Crippen LogP contribution < -0.4 is 10.1 Å². The average Bonchev–Trinajstić information content (AvgIpc) is 3.30. The number of likely N-dealkylation sites (tertiary alicyclic amines) is 1. The van der Waals surface area contributed by atoms with E-state index in [2.05, 4.69) is 15.5 Å². The Balaban J connectivity index is 1.43. The van der Waals surface area contributed by atoms with Gasteiger partial charge in [0.25, 0.3) is 11.8 Å². The van der Waals surface area contributed by atoms with Crippen LogP contribution in [-0.4, -0.2) is 47.1 Å². The van der Waals surface area contributed by atoms with E-state index in [4.69, 9.17) is 4.74 Å². The van der Waals surface area contributed by atoms with Gasteiger partial charge in [-0.2, -0.15) is 0 Å². The molecule has 30 heavy (non-hydrogen) atoms. The number of amides is 2. The van der Waals surface area contributed by atoms with Gasteiger partial charge in [0.2, 0.25) is 5.01 Å². The molecule has 2 amide bonds. The third-order valence-electron chi connectivity index (χ3n) is 5.04. The summed E-state index contributed by atoms with van der Waals surface area (Å²) in [5, 5.41) is 12.3. The lowest BCUT2D eigenvalue weighted by Crippen LogP contribution is -2.39. The number of anilines is 1. The molecule has 0 unspecified atom stereocenters. The molecule has 2 heterocycles. The Hall–Kier alpha value is -3.26. The van der Waals surface area contributed by atoms with E-state index in [0.717, 1.165) is 17.8 Å². The fourth-order valence-electron chi connectivity index (χ4n) is 3.50. The van der Waals surface area contributed by atoms with Crippen LogP contribution in [0.25, 0.3) is 0 Å². The Morgan fingerprint density at radius 2 is 1.97 bits per heavy atom. The normalized spacial score (nSPS) is 16.2. The van der Waals surface area contributed by atoms with E-state index in [1.165, 1.54) is 11.3 Å². The molecule has 154 valence electrons. The minimum absolute atomic E-state index is 0.0230.